The first-order chi connectivity index (χ1) is 8.78. The van der Waals surface area contributed by atoms with Crippen molar-refractivity contribution in [2.75, 3.05) is 12.0 Å². The molecule has 2 heterocycles. The van der Waals surface area contributed by atoms with Crippen molar-refractivity contribution in [1.29, 1.82) is 0 Å². The van der Waals surface area contributed by atoms with Crippen molar-refractivity contribution in [2.45, 2.75) is 5.16 Å². The highest BCUT2D eigenvalue weighted by molar-refractivity contribution is 7.98. The summed E-state index contributed by atoms with van der Waals surface area (Å²) in [5, 5.41) is 8.79. The molecule has 0 atom stereocenters. The van der Waals surface area contributed by atoms with E-state index in [1.807, 2.05) is 30.5 Å². The first-order valence-corrected chi connectivity index (χ1v) is 6.50. The number of fused-ring (bicyclic) bond motifs is 1. The zero-order chi connectivity index (χ0) is 12.5. The number of thioether (sulfide) groups is 1. The molecule has 0 radical (unpaired) electrons. The minimum atomic E-state index is 0.420. The fraction of sp³-hybridized carbons (Fsp3) is 0.0909. The maximum atomic E-state index is 5.76. The van der Waals surface area contributed by atoms with Gasteiger partial charge < -0.3 is 5.73 Å². The summed E-state index contributed by atoms with van der Waals surface area (Å²) in [5.41, 5.74) is 7.47. The lowest BCUT2D eigenvalue weighted by Gasteiger charge is -2.04. The Bertz CT molecular complexity index is 708. The van der Waals surface area contributed by atoms with E-state index < -0.39 is 0 Å². The number of nitrogen functional groups attached to an aromatic ring is 1. The highest BCUT2D eigenvalue weighted by atomic mass is 32.2. The molecule has 2 aromatic heterocycles. The molecule has 0 spiro atoms. The molecule has 90 valence electrons. The number of nitrogens with zero attached hydrogens (tertiary/aromatic N) is 5. The molecular formula is C11H10N6S. The van der Waals surface area contributed by atoms with E-state index in [2.05, 4.69) is 20.3 Å². The minimum absolute atomic E-state index is 0.420. The fourth-order valence-corrected chi connectivity index (χ4v) is 2.05. The second-order valence-corrected chi connectivity index (χ2v) is 4.40. The maximum Gasteiger partial charge on any atom is 0.191 e. The van der Waals surface area contributed by atoms with Gasteiger partial charge in [-0.15, -0.1) is 5.10 Å². The average Bonchev–Trinajstić information content (AvgIpc) is 2.81. The number of benzene rings is 1. The number of rotatable bonds is 2. The molecular weight excluding hydrogens is 248 g/mol. The van der Waals surface area contributed by atoms with Gasteiger partial charge in [0.1, 0.15) is 11.3 Å². The van der Waals surface area contributed by atoms with Crippen LogP contribution in [0, 0.1) is 0 Å². The van der Waals surface area contributed by atoms with E-state index in [0.717, 1.165) is 11.0 Å². The Morgan fingerprint density at radius 1 is 1.22 bits per heavy atom. The van der Waals surface area contributed by atoms with Crippen LogP contribution in [0.4, 0.5) is 5.82 Å². The number of hydrogen-bond donors (Lipinski definition) is 1. The van der Waals surface area contributed by atoms with Gasteiger partial charge in [-0.05, 0) is 18.4 Å². The zero-order valence-corrected chi connectivity index (χ0v) is 10.4. The molecule has 0 unspecified atom stereocenters. The predicted octanol–water partition coefficient (Wildman–Crippen LogP) is 1.51. The smallest absolute Gasteiger partial charge is 0.191 e. The summed E-state index contributed by atoms with van der Waals surface area (Å²) in [4.78, 5) is 8.49. The van der Waals surface area contributed by atoms with Crippen LogP contribution in [-0.4, -0.2) is 31.2 Å². The van der Waals surface area contributed by atoms with Crippen LogP contribution in [0.3, 0.4) is 0 Å². The molecule has 0 bridgehead atoms. The Kier molecular flexibility index (Phi) is 2.60. The van der Waals surface area contributed by atoms with Crippen LogP contribution in [0.25, 0.3) is 16.9 Å². The van der Waals surface area contributed by atoms with Gasteiger partial charge in [-0.25, -0.2) is 9.97 Å². The first-order valence-electron chi connectivity index (χ1n) is 5.27. The summed E-state index contributed by atoms with van der Waals surface area (Å²) in [6.07, 6.45) is 1.90. The molecule has 0 saturated heterocycles. The molecule has 0 saturated carbocycles. The summed E-state index contributed by atoms with van der Waals surface area (Å²) in [7, 11) is 0. The molecule has 1 aromatic carbocycles. The van der Waals surface area contributed by atoms with Gasteiger partial charge in [0.05, 0.1) is 5.52 Å². The highest BCUT2D eigenvalue weighted by Gasteiger charge is 2.09. The second-order valence-electron chi connectivity index (χ2n) is 3.63. The number of para-hydroxylation sites is 1. The molecule has 3 aromatic rings. The van der Waals surface area contributed by atoms with Gasteiger partial charge >= 0.3 is 0 Å². The lowest BCUT2D eigenvalue weighted by molar-refractivity contribution is 0.779. The van der Waals surface area contributed by atoms with E-state index in [4.69, 9.17) is 5.73 Å². The summed E-state index contributed by atoms with van der Waals surface area (Å²) in [5.74, 6) is 1.05. The van der Waals surface area contributed by atoms with Gasteiger partial charge in [-0.1, -0.05) is 29.1 Å². The van der Waals surface area contributed by atoms with Gasteiger partial charge in [0.15, 0.2) is 11.0 Å². The summed E-state index contributed by atoms with van der Waals surface area (Å²) >= 11 is 1.44. The van der Waals surface area contributed by atoms with Crippen LogP contribution >= 0.6 is 11.8 Å². The van der Waals surface area contributed by atoms with Crippen molar-refractivity contribution in [3.05, 3.63) is 30.3 Å². The Morgan fingerprint density at radius 2 is 2.06 bits per heavy atom. The molecule has 18 heavy (non-hydrogen) atoms. The van der Waals surface area contributed by atoms with Crippen LogP contribution in [0.5, 0.6) is 0 Å². The molecule has 0 amide bonds. The third-order valence-corrected chi connectivity index (χ3v) is 3.01. The molecule has 0 aliphatic heterocycles. The van der Waals surface area contributed by atoms with Crippen molar-refractivity contribution >= 4 is 28.6 Å². The first kappa shape index (κ1) is 11.0. The number of nitrogens with two attached hydrogens (primary N) is 1. The third-order valence-electron chi connectivity index (χ3n) is 2.46. The van der Waals surface area contributed by atoms with E-state index >= 15 is 0 Å². The Hall–Kier alpha value is -2.15. The van der Waals surface area contributed by atoms with E-state index in [9.17, 15) is 0 Å². The predicted molar refractivity (Wildman–Crippen MR) is 70.6 cm³/mol. The van der Waals surface area contributed by atoms with Crippen LogP contribution in [0.15, 0.2) is 35.5 Å². The van der Waals surface area contributed by atoms with Crippen molar-refractivity contribution < 1.29 is 0 Å². The van der Waals surface area contributed by atoms with Crippen LogP contribution in [0.2, 0.25) is 0 Å². The van der Waals surface area contributed by atoms with Crippen molar-refractivity contribution in [2.24, 2.45) is 0 Å². The standard InChI is InChI=1S/C11H10N6S/c1-18-11-13-9(12)6-10(14-11)17-8-5-3-2-4-7(8)15-16-17/h2-6H,1H3,(H2,12,13,14). The average molecular weight is 258 g/mol. The second kappa shape index (κ2) is 4.26. The highest BCUT2D eigenvalue weighted by Crippen LogP contribution is 2.18. The van der Waals surface area contributed by atoms with E-state index in [-0.39, 0.29) is 0 Å². The lowest BCUT2D eigenvalue weighted by atomic mass is 10.3. The van der Waals surface area contributed by atoms with Gasteiger partial charge in [-0.2, -0.15) is 4.68 Å². The number of anilines is 1. The molecule has 0 aliphatic carbocycles. The summed E-state index contributed by atoms with van der Waals surface area (Å²) in [6.45, 7) is 0. The summed E-state index contributed by atoms with van der Waals surface area (Å²) in [6, 6.07) is 9.37. The SMILES string of the molecule is CSc1nc(N)cc(-n2nnc3ccccc32)n1. The lowest BCUT2D eigenvalue weighted by Crippen LogP contribution is -2.04. The van der Waals surface area contributed by atoms with Gasteiger partial charge in [-0.3, -0.25) is 0 Å². The largest absolute Gasteiger partial charge is 0.383 e. The quantitative estimate of drug-likeness (QED) is 0.554. The molecule has 7 heteroatoms. The summed E-state index contributed by atoms with van der Waals surface area (Å²) < 4.78 is 1.66. The molecule has 2 N–H and O–H groups in total. The van der Waals surface area contributed by atoms with E-state index in [1.165, 1.54) is 11.8 Å². The molecule has 3 rings (SSSR count). The maximum absolute atomic E-state index is 5.76. The Labute approximate surface area is 107 Å². The van der Waals surface area contributed by atoms with Gasteiger partial charge in [0.25, 0.3) is 0 Å². The number of hydrogen-bond acceptors (Lipinski definition) is 6. The van der Waals surface area contributed by atoms with Gasteiger partial charge in [0, 0.05) is 6.07 Å². The molecule has 0 aliphatic rings. The zero-order valence-electron chi connectivity index (χ0n) is 9.61. The number of aromatic nitrogens is 5. The van der Waals surface area contributed by atoms with E-state index in [0.29, 0.717) is 16.8 Å². The van der Waals surface area contributed by atoms with Crippen LogP contribution < -0.4 is 5.73 Å². The van der Waals surface area contributed by atoms with Crippen molar-refractivity contribution in [1.82, 2.24) is 25.0 Å². The normalized spacial score (nSPS) is 10.9. The van der Waals surface area contributed by atoms with Gasteiger partial charge in [0.2, 0.25) is 0 Å². The Balaban J connectivity index is 2.22. The minimum Gasteiger partial charge on any atom is -0.383 e. The van der Waals surface area contributed by atoms with E-state index in [1.54, 1.807) is 10.7 Å². The monoisotopic (exact) mass is 258 g/mol. The van der Waals surface area contributed by atoms with Crippen molar-refractivity contribution in [3.8, 4) is 5.82 Å². The van der Waals surface area contributed by atoms with Crippen molar-refractivity contribution in [3.63, 3.8) is 0 Å². The van der Waals surface area contributed by atoms with Crippen LogP contribution in [-0.2, 0) is 0 Å². The molecule has 6 nitrogen and oxygen atoms in total. The topological polar surface area (TPSA) is 82.5 Å². The molecule has 0 fully saturated rings. The fourth-order valence-electron chi connectivity index (χ4n) is 1.67. The van der Waals surface area contributed by atoms with Crippen LogP contribution in [0.1, 0.15) is 0 Å². The third kappa shape index (κ3) is 1.78. The Morgan fingerprint density at radius 3 is 2.89 bits per heavy atom.